The molecule has 1 aliphatic heterocycles. The van der Waals surface area contributed by atoms with E-state index in [9.17, 15) is 4.79 Å². The summed E-state index contributed by atoms with van der Waals surface area (Å²) in [5.74, 6) is -0.481. The molecule has 0 aromatic rings. The molecule has 1 aliphatic carbocycles. The molecule has 2 rings (SSSR count). The van der Waals surface area contributed by atoms with Gasteiger partial charge in [0.25, 0.3) is 0 Å². The molecule has 0 N–H and O–H groups in total. The summed E-state index contributed by atoms with van der Waals surface area (Å²) in [4.78, 5) is 11.6. The molecule has 92 valence electrons. The first-order valence-corrected chi connectivity index (χ1v) is 6.05. The SMILES string of the molecule is CC1(C)OC[C@H](COC(=O)C2CCCC2)O1. The molecule has 0 bridgehead atoms. The fourth-order valence-electron chi connectivity index (χ4n) is 2.30. The molecular formula is C12H20O4. The molecule has 0 amide bonds. The van der Waals surface area contributed by atoms with Gasteiger partial charge in [-0.3, -0.25) is 4.79 Å². The molecule has 4 heteroatoms. The minimum Gasteiger partial charge on any atom is -0.463 e. The Hall–Kier alpha value is -0.610. The van der Waals surface area contributed by atoms with Crippen molar-refractivity contribution in [3.8, 4) is 0 Å². The Morgan fingerprint density at radius 2 is 2.06 bits per heavy atom. The van der Waals surface area contributed by atoms with Gasteiger partial charge in [0.05, 0.1) is 12.5 Å². The maximum atomic E-state index is 11.6. The summed E-state index contributed by atoms with van der Waals surface area (Å²) in [6.07, 6.45) is 4.14. The van der Waals surface area contributed by atoms with Crippen molar-refractivity contribution in [1.29, 1.82) is 0 Å². The monoisotopic (exact) mass is 228 g/mol. The smallest absolute Gasteiger partial charge is 0.309 e. The highest BCUT2D eigenvalue weighted by atomic mass is 16.7. The van der Waals surface area contributed by atoms with E-state index in [1.807, 2.05) is 13.8 Å². The predicted molar refractivity (Wildman–Crippen MR) is 57.8 cm³/mol. The summed E-state index contributed by atoms with van der Waals surface area (Å²) >= 11 is 0. The molecule has 0 radical (unpaired) electrons. The molecule has 16 heavy (non-hydrogen) atoms. The minimum absolute atomic E-state index is 0.0641. The number of rotatable bonds is 3. The van der Waals surface area contributed by atoms with Gasteiger partial charge >= 0.3 is 5.97 Å². The summed E-state index contributed by atoms with van der Waals surface area (Å²) in [5, 5.41) is 0. The Morgan fingerprint density at radius 1 is 1.38 bits per heavy atom. The molecule has 0 unspecified atom stereocenters. The average Bonchev–Trinajstić information content (AvgIpc) is 2.83. The van der Waals surface area contributed by atoms with Crippen LogP contribution in [0, 0.1) is 5.92 Å². The fraction of sp³-hybridized carbons (Fsp3) is 0.917. The molecule has 1 atom stereocenters. The minimum atomic E-state index is -0.537. The van der Waals surface area contributed by atoms with Crippen LogP contribution in [0.25, 0.3) is 0 Å². The maximum absolute atomic E-state index is 11.6. The fourth-order valence-corrected chi connectivity index (χ4v) is 2.30. The molecule has 0 aromatic carbocycles. The molecule has 2 aliphatic rings. The second-order valence-electron chi connectivity index (χ2n) is 5.06. The largest absolute Gasteiger partial charge is 0.463 e. The van der Waals surface area contributed by atoms with Gasteiger partial charge in [0.2, 0.25) is 0 Å². The van der Waals surface area contributed by atoms with E-state index in [4.69, 9.17) is 14.2 Å². The third kappa shape index (κ3) is 2.95. The second kappa shape index (κ2) is 4.72. The molecular weight excluding hydrogens is 208 g/mol. The third-order valence-electron chi connectivity index (χ3n) is 3.17. The van der Waals surface area contributed by atoms with Gasteiger partial charge in [-0.2, -0.15) is 0 Å². The lowest BCUT2D eigenvalue weighted by Gasteiger charge is -2.17. The van der Waals surface area contributed by atoms with Crippen LogP contribution in [0.3, 0.4) is 0 Å². The van der Waals surface area contributed by atoms with Crippen LogP contribution in [-0.2, 0) is 19.0 Å². The van der Waals surface area contributed by atoms with Gasteiger partial charge < -0.3 is 14.2 Å². The van der Waals surface area contributed by atoms with Crippen molar-refractivity contribution >= 4 is 5.97 Å². The summed E-state index contributed by atoms with van der Waals surface area (Å²) in [7, 11) is 0. The van der Waals surface area contributed by atoms with Crippen molar-refractivity contribution in [2.45, 2.75) is 51.4 Å². The highest BCUT2D eigenvalue weighted by Crippen LogP contribution is 2.27. The maximum Gasteiger partial charge on any atom is 0.309 e. The summed E-state index contributed by atoms with van der Waals surface area (Å²) in [6.45, 7) is 4.56. The third-order valence-corrected chi connectivity index (χ3v) is 3.17. The molecule has 4 nitrogen and oxygen atoms in total. The van der Waals surface area contributed by atoms with Gasteiger partial charge in [0, 0.05) is 0 Å². The lowest BCUT2D eigenvalue weighted by Crippen LogP contribution is -2.26. The summed E-state index contributed by atoms with van der Waals surface area (Å²) < 4.78 is 16.2. The van der Waals surface area contributed by atoms with Gasteiger partial charge in [-0.05, 0) is 26.7 Å². The predicted octanol–water partition coefficient (Wildman–Crippen LogP) is 1.87. The van der Waals surface area contributed by atoms with Crippen LogP contribution >= 0.6 is 0 Å². The van der Waals surface area contributed by atoms with Gasteiger partial charge in [-0.15, -0.1) is 0 Å². The van der Waals surface area contributed by atoms with Crippen LogP contribution in [0.1, 0.15) is 39.5 Å². The topological polar surface area (TPSA) is 44.8 Å². The van der Waals surface area contributed by atoms with E-state index in [0.29, 0.717) is 13.2 Å². The molecule has 1 saturated heterocycles. The molecule has 2 fully saturated rings. The van der Waals surface area contributed by atoms with Crippen molar-refractivity contribution in [2.24, 2.45) is 5.92 Å². The van der Waals surface area contributed by atoms with Crippen LogP contribution in [0.15, 0.2) is 0 Å². The van der Waals surface area contributed by atoms with E-state index < -0.39 is 5.79 Å². The standard InChI is InChI=1S/C12H20O4/c1-12(2)15-8-10(16-12)7-14-11(13)9-5-3-4-6-9/h9-10H,3-8H2,1-2H3/t10-/m0/s1. The van der Waals surface area contributed by atoms with Gasteiger partial charge in [-0.25, -0.2) is 0 Å². The van der Waals surface area contributed by atoms with Crippen LogP contribution in [-0.4, -0.2) is 31.1 Å². The van der Waals surface area contributed by atoms with Crippen molar-refractivity contribution < 1.29 is 19.0 Å². The van der Waals surface area contributed by atoms with Gasteiger partial charge in [0.15, 0.2) is 5.79 Å². The second-order valence-corrected chi connectivity index (χ2v) is 5.06. The van der Waals surface area contributed by atoms with Crippen molar-refractivity contribution in [3.05, 3.63) is 0 Å². The van der Waals surface area contributed by atoms with E-state index in [0.717, 1.165) is 25.7 Å². The first kappa shape index (κ1) is 11.9. The number of ether oxygens (including phenoxy) is 3. The van der Waals surface area contributed by atoms with Crippen LogP contribution < -0.4 is 0 Å². The van der Waals surface area contributed by atoms with Crippen molar-refractivity contribution in [1.82, 2.24) is 0 Å². The zero-order valence-electron chi connectivity index (χ0n) is 10.0. The first-order chi connectivity index (χ1) is 7.57. The molecule has 1 heterocycles. The van der Waals surface area contributed by atoms with E-state index in [-0.39, 0.29) is 18.0 Å². The van der Waals surface area contributed by atoms with Crippen molar-refractivity contribution in [2.75, 3.05) is 13.2 Å². The number of carbonyl (C=O) groups is 1. The Kier molecular flexibility index (Phi) is 3.50. The zero-order valence-corrected chi connectivity index (χ0v) is 10.0. The summed E-state index contributed by atoms with van der Waals surface area (Å²) in [6, 6.07) is 0. The highest BCUT2D eigenvalue weighted by molar-refractivity contribution is 5.72. The number of esters is 1. The Bertz CT molecular complexity index is 256. The number of hydrogen-bond donors (Lipinski definition) is 0. The summed E-state index contributed by atoms with van der Waals surface area (Å²) in [5.41, 5.74) is 0. The molecule has 1 saturated carbocycles. The average molecular weight is 228 g/mol. The quantitative estimate of drug-likeness (QED) is 0.692. The van der Waals surface area contributed by atoms with Crippen LogP contribution in [0.5, 0.6) is 0 Å². The van der Waals surface area contributed by atoms with Gasteiger partial charge in [0.1, 0.15) is 12.7 Å². The van der Waals surface area contributed by atoms with E-state index in [2.05, 4.69) is 0 Å². The normalized spacial score (nSPS) is 29.5. The zero-order chi connectivity index (χ0) is 11.6. The van der Waals surface area contributed by atoms with Crippen LogP contribution in [0.4, 0.5) is 0 Å². The first-order valence-electron chi connectivity index (χ1n) is 6.05. The van der Waals surface area contributed by atoms with E-state index in [1.54, 1.807) is 0 Å². The Morgan fingerprint density at radius 3 is 2.62 bits per heavy atom. The molecule has 0 aromatic heterocycles. The highest BCUT2D eigenvalue weighted by Gasteiger charge is 2.34. The lowest BCUT2D eigenvalue weighted by atomic mass is 10.1. The number of carbonyl (C=O) groups excluding carboxylic acids is 1. The Balaban J connectivity index is 1.69. The number of hydrogen-bond acceptors (Lipinski definition) is 4. The van der Waals surface area contributed by atoms with Crippen molar-refractivity contribution in [3.63, 3.8) is 0 Å². The Labute approximate surface area is 96.2 Å². The van der Waals surface area contributed by atoms with Crippen LogP contribution in [0.2, 0.25) is 0 Å². The molecule has 0 spiro atoms. The lowest BCUT2D eigenvalue weighted by molar-refractivity contribution is -0.161. The van der Waals surface area contributed by atoms with Gasteiger partial charge in [-0.1, -0.05) is 12.8 Å². The van der Waals surface area contributed by atoms with E-state index >= 15 is 0 Å². The van der Waals surface area contributed by atoms with E-state index in [1.165, 1.54) is 0 Å².